The van der Waals surface area contributed by atoms with Gasteiger partial charge >= 0.3 is 0 Å². The number of nitrogens with two attached hydrogens (primary N) is 2. The molecule has 0 fully saturated rings. The van der Waals surface area contributed by atoms with Crippen molar-refractivity contribution >= 4 is 55.9 Å². The monoisotopic (exact) mass is 795 g/mol. The highest BCUT2D eigenvalue weighted by atomic mass is 35.5. The van der Waals surface area contributed by atoms with Gasteiger partial charge in [-0.15, -0.1) is 0 Å². The van der Waals surface area contributed by atoms with Gasteiger partial charge in [-0.25, -0.2) is 0 Å². The number of methoxy groups -OCH3 is 3. The van der Waals surface area contributed by atoms with Crippen molar-refractivity contribution in [2.75, 3.05) is 32.8 Å². The van der Waals surface area contributed by atoms with E-state index in [-0.39, 0.29) is 0 Å². The molecule has 0 aliphatic carbocycles. The Hall–Kier alpha value is -6.98. The van der Waals surface area contributed by atoms with Crippen LogP contribution in [0.3, 0.4) is 0 Å². The van der Waals surface area contributed by atoms with Crippen LogP contribution in [-0.2, 0) is 0 Å². The Balaban J connectivity index is 0.000000132. The van der Waals surface area contributed by atoms with Crippen molar-refractivity contribution in [2.45, 2.75) is 27.7 Å². The zero-order valence-corrected chi connectivity index (χ0v) is 33.9. The molecule has 0 unspecified atom stereocenters. The van der Waals surface area contributed by atoms with Crippen molar-refractivity contribution in [3.05, 3.63) is 130 Å². The summed E-state index contributed by atoms with van der Waals surface area (Å²) >= 11 is 6.29. The Labute approximate surface area is 340 Å². The first-order valence-electron chi connectivity index (χ1n) is 18.3. The third-order valence-electron chi connectivity index (χ3n) is 9.56. The Morgan fingerprint density at radius 2 is 0.862 bits per heavy atom. The highest BCUT2D eigenvalue weighted by molar-refractivity contribution is 6.38. The van der Waals surface area contributed by atoms with Crippen LogP contribution in [-0.4, -0.2) is 36.8 Å². The first-order chi connectivity index (χ1) is 28.0. The van der Waals surface area contributed by atoms with E-state index in [4.69, 9.17) is 50.8 Å². The summed E-state index contributed by atoms with van der Waals surface area (Å²) in [5, 5.41) is 15.5. The molecule has 0 saturated heterocycles. The molecule has 0 atom stereocenters. The van der Waals surface area contributed by atoms with Crippen LogP contribution in [0.25, 0.3) is 66.7 Å². The van der Waals surface area contributed by atoms with Gasteiger partial charge in [0.05, 0.1) is 48.2 Å². The first-order valence-corrected chi connectivity index (χ1v) is 18.7. The number of benzene rings is 6. The van der Waals surface area contributed by atoms with E-state index in [2.05, 4.69) is 41.5 Å². The van der Waals surface area contributed by atoms with Crippen LogP contribution < -0.4 is 25.7 Å². The van der Waals surface area contributed by atoms with Crippen LogP contribution >= 0.6 is 11.6 Å². The SMILES string of the molecule is COc1ccc(C)cc1-c1noc2ccc(C)cc12.COc1ccc(C)cc1-c1noc2ccc(N)c(Cl)c12.COc1ccc(C)cc1-c1noc2ccc(N)cc12. The largest absolute Gasteiger partial charge is 0.496 e. The molecule has 4 N–H and O–H groups in total. The van der Waals surface area contributed by atoms with Crippen LogP contribution in [0, 0.1) is 27.7 Å². The van der Waals surface area contributed by atoms with Crippen molar-refractivity contribution in [1.29, 1.82) is 0 Å². The molecule has 0 bridgehead atoms. The van der Waals surface area contributed by atoms with E-state index >= 15 is 0 Å². The van der Waals surface area contributed by atoms with Gasteiger partial charge in [0.2, 0.25) is 0 Å². The number of aromatic nitrogens is 3. The van der Waals surface area contributed by atoms with Gasteiger partial charge in [0, 0.05) is 22.4 Å². The number of ether oxygens (including phenoxy) is 3. The van der Waals surface area contributed by atoms with Crippen LogP contribution in [0.2, 0.25) is 5.02 Å². The predicted octanol–water partition coefficient (Wildman–Crippen LogP) is 11.6. The summed E-state index contributed by atoms with van der Waals surface area (Å²) in [6.07, 6.45) is 0. The Morgan fingerprint density at radius 3 is 1.38 bits per heavy atom. The maximum Gasteiger partial charge on any atom is 0.169 e. The zero-order valence-electron chi connectivity index (χ0n) is 33.1. The van der Waals surface area contributed by atoms with Crippen LogP contribution in [0.4, 0.5) is 11.4 Å². The topological polar surface area (TPSA) is 158 Å². The predicted molar refractivity (Wildman–Crippen MR) is 231 cm³/mol. The second-order valence-electron chi connectivity index (χ2n) is 13.8. The van der Waals surface area contributed by atoms with Gasteiger partial charge in [0.1, 0.15) is 34.3 Å². The molecule has 0 spiro atoms. The van der Waals surface area contributed by atoms with Crippen molar-refractivity contribution in [3.63, 3.8) is 0 Å². The fourth-order valence-electron chi connectivity index (χ4n) is 6.61. The Kier molecular flexibility index (Phi) is 11.3. The maximum atomic E-state index is 6.29. The summed E-state index contributed by atoms with van der Waals surface area (Å²) in [6.45, 7) is 8.14. The minimum absolute atomic E-state index is 0.447. The molecule has 0 aliphatic heterocycles. The van der Waals surface area contributed by atoms with E-state index in [1.807, 2.05) is 86.6 Å². The van der Waals surface area contributed by atoms with Gasteiger partial charge in [-0.05, 0) is 107 Å². The molecule has 3 aromatic heterocycles. The molecular formula is C46H42ClN5O6. The summed E-state index contributed by atoms with van der Waals surface area (Å²) in [6, 6.07) is 32.9. The molecule has 294 valence electrons. The zero-order chi connectivity index (χ0) is 41.1. The lowest BCUT2D eigenvalue weighted by Gasteiger charge is -2.08. The smallest absolute Gasteiger partial charge is 0.169 e. The number of halogens is 1. The summed E-state index contributed by atoms with van der Waals surface area (Å²) in [5.74, 6) is 2.29. The molecule has 58 heavy (non-hydrogen) atoms. The Bertz CT molecular complexity index is 2780. The minimum Gasteiger partial charge on any atom is -0.496 e. The van der Waals surface area contributed by atoms with Gasteiger partial charge in [-0.1, -0.05) is 73.6 Å². The molecule has 9 aromatic rings. The number of rotatable bonds is 6. The van der Waals surface area contributed by atoms with E-state index in [9.17, 15) is 0 Å². The van der Waals surface area contributed by atoms with Gasteiger partial charge in [0.25, 0.3) is 0 Å². The summed E-state index contributed by atoms with van der Waals surface area (Å²) in [5.41, 5.74) is 24.5. The standard InChI is InChI=1S/C16H15NO2.C15H13ClN2O2.C15H14N2O2/c1-10-4-6-14(18-3)12(8-10)16-13-9-11(2)5-7-15(13)19-17-16;1-8-3-5-11(19-2)9(7-8)15-13-12(20-18-15)6-4-10(17)14(13)16;1-9-3-5-13(18-2)11(7-9)15-12-8-10(16)4-6-14(12)19-17-15/h4-9H,1-3H3;3-7H,17H2,1-2H3;3-8H,16H2,1-2H3. The summed E-state index contributed by atoms with van der Waals surface area (Å²) < 4.78 is 32.3. The lowest BCUT2D eigenvalue weighted by molar-refractivity contribution is 0.414. The van der Waals surface area contributed by atoms with E-state index in [1.165, 1.54) is 11.1 Å². The van der Waals surface area contributed by atoms with E-state index < -0.39 is 0 Å². The van der Waals surface area contributed by atoms with Crippen LogP contribution in [0.15, 0.2) is 117 Å². The molecule has 9 rings (SSSR count). The fourth-order valence-corrected chi connectivity index (χ4v) is 6.86. The number of fused-ring (bicyclic) bond motifs is 3. The molecule has 3 heterocycles. The molecule has 0 aliphatic rings. The van der Waals surface area contributed by atoms with Crippen molar-refractivity contribution < 1.29 is 27.8 Å². The van der Waals surface area contributed by atoms with Crippen molar-refractivity contribution in [1.82, 2.24) is 15.5 Å². The Morgan fingerprint density at radius 1 is 0.466 bits per heavy atom. The molecule has 0 radical (unpaired) electrons. The van der Waals surface area contributed by atoms with E-state index in [1.54, 1.807) is 39.5 Å². The van der Waals surface area contributed by atoms with Gasteiger partial charge in [-0.2, -0.15) is 0 Å². The van der Waals surface area contributed by atoms with Gasteiger partial charge in [-0.3, -0.25) is 0 Å². The van der Waals surface area contributed by atoms with Crippen molar-refractivity contribution in [3.8, 4) is 51.0 Å². The number of anilines is 2. The van der Waals surface area contributed by atoms with Crippen LogP contribution in [0.1, 0.15) is 22.3 Å². The molecule has 11 nitrogen and oxygen atoms in total. The average Bonchev–Trinajstić information content (AvgIpc) is 3.97. The normalized spacial score (nSPS) is 10.9. The fraction of sp³-hybridized carbons (Fsp3) is 0.152. The number of nitrogen functional groups attached to an aromatic ring is 2. The second-order valence-corrected chi connectivity index (χ2v) is 14.2. The van der Waals surface area contributed by atoms with E-state index in [0.717, 1.165) is 67.1 Å². The van der Waals surface area contributed by atoms with E-state index in [0.29, 0.717) is 44.4 Å². The number of aryl methyl sites for hydroxylation is 4. The lowest BCUT2D eigenvalue weighted by atomic mass is 10.0. The molecule has 6 aromatic carbocycles. The van der Waals surface area contributed by atoms with Gasteiger partial charge in [0.15, 0.2) is 16.7 Å². The van der Waals surface area contributed by atoms with Crippen molar-refractivity contribution in [2.24, 2.45) is 0 Å². The third-order valence-corrected chi connectivity index (χ3v) is 9.96. The molecule has 0 saturated carbocycles. The number of hydrogen-bond donors (Lipinski definition) is 2. The second kappa shape index (κ2) is 16.6. The molecular weight excluding hydrogens is 754 g/mol. The lowest BCUT2D eigenvalue weighted by Crippen LogP contribution is -1.91. The molecule has 0 amide bonds. The maximum absolute atomic E-state index is 6.29. The highest BCUT2D eigenvalue weighted by Crippen LogP contribution is 2.41. The quantitative estimate of drug-likeness (QED) is 0.154. The molecule has 12 heteroatoms. The third kappa shape index (κ3) is 7.85. The number of hydrogen-bond acceptors (Lipinski definition) is 11. The van der Waals surface area contributed by atoms with Crippen LogP contribution in [0.5, 0.6) is 17.2 Å². The summed E-state index contributed by atoms with van der Waals surface area (Å²) in [7, 11) is 4.93. The summed E-state index contributed by atoms with van der Waals surface area (Å²) in [4.78, 5) is 0. The number of nitrogens with zero attached hydrogens (tertiary/aromatic N) is 3. The average molecular weight is 796 g/mol. The minimum atomic E-state index is 0.447. The first kappa shape index (κ1) is 39.3. The van der Waals surface area contributed by atoms with Gasteiger partial charge < -0.3 is 39.2 Å². The highest BCUT2D eigenvalue weighted by Gasteiger charge is 2.19.